The molecule has 20 heavy (non-hydrogen) atoms. The highest BCUT2D eigenvalue weighted by atomic mass is 32.2. The van der Waals surface area contributed by atoms with Gasteiger partial charge in [0.1, 0.15) is 4.90 Å². The number of nitrogens with zero attached hydrogens (tertiary/aromatic N) is 3. The van der Waals surface area contributed by atoms with Gasteiger partial charge in [-0.15, -0.1) is 0 Å². The lowest BCUT2D eigenvalue weighted by molar-refractivity contribution is 0.462. The van der Waals surface area contributed by atoms with E-state index in [4.69, 9.17) is 5.84 Å². The van der Waals surface area contributed by atoms with E-state index in [9.17, 15) is 8.42 Å². The van der Waals surface area contributed by atoms with Gasteiger partial charge in [-0.3, -0.25) is 15.8 Å². The Morgan fingerprint density at radius 1 is 1.30 bits per heavy atom. The minimum Gasteiger partial charge on any atom is -0.323 e. The van der Waals surface area contributed by atoms with E-state index in [0.29, 0.717) is 11.4 Å². The predicted octanol–water partition coefficient (Wildman–Crippen LogP) is 0.583. The normalized spacial score (nSPS) is 11.6. The summed E-state index contributed by atoms with van der Waals surface area (Å²) in [7, 11) is -2.21. The Labute approximate surface area is 117 Å². The van der Waals surface area contributed by atoms with E-state index in [1.165, 1.54) is 29.8 Å². The predicted molar refractivity (Wildman–Crippen MR) is 74.9 cm³/mol. The van der Waals surface area contributed by atoms with Crippen molar-refractivity contribution in [1.82, 2.24) is 14.3 Å². The number of sulfonamides is 1. The fourth-order valence-electron chi connectivity index (χ4n) is 1.68. The summed E-state index contributed by atoms with van der Waals surface area (Å²) < 4.78 is 26.2. The number of hydrogen-bond acceptors (Lipinski definition) is 6. The summed E-state index contributed by atoms with van der Waals surface area (Å²) in [5.74, 6) is 5.33. The highest BCUT2D eigenvalue weighted by Gasteiger charge is 2.24. The summed E-state index contributed by atoms with van der Waals surface area (Å²) in [6.07, 6.45) is 4.35. The average molecular weight is 293 g/mol. The molecule has 0 radical (unpaired) electrons. The van der Waals surface area contributed by atoms with E-state index in [-0.39, 0.29) is 11.4 Å². The largest absolute Gasteiger partial charge is 0.323 e. The standard InChI is InChI=1S/C12H15N5O2S/c1-17(9-10-4-2-3-6-15-10)20(18,19)12-8-14-7-5-11(12)16-13/h2-8H,9,13H2,1H3,(H,14,16). The van der Waals surface area contributed by atoms with Crippen molar-refractivity contribution < 1.29 is 8.42 Å². The fourth-order valence-corrected chi connectivity index (χ4v) is 2.91. The van der Waals surface area contributed by atoms with Gasteiger partial charge < -0.3 is 5.43 Å². The van der Waals surface area contributed by atoms with Crippen molar-refractivity contribution in [2.45, 2.75) is 11.4 Å². The Balaban J connectivity index is 2.30. The zero-order valence-corrected chi connectivity index (χ0v) is 11.7. The van der Waals surface area contributed by atoms with Gasteiger partial charge >= 0.3 is 0 Å². The molecule has 3 N–H and O–H groups in total. The Hall–Kier alpha value is -2.03. The topological polar surface area (TPSA) is 101 Å². The van der Waals surface area contributed by atoms with Gasteiger partial charge in [-0.05, 0) is 18.2 Å². The number of aromatic nitrogens is 2. The van der Waals surface area contributed by atoms with Gasteiger partial charge in [-0.1, -0.05) is 6.07 Å². The molecule has 8 heteroatoms. The number of rotatable bonds is 5. The molecule has 2 aromatic heterocycles. The second-order valence-corrected chi connectivity index (χ2v) is 6.11. The zero-order chi connectivity index (χ0) is 14.6. The lowest BCUT2D eigenvalue weighted by Crippen LogP contribution is -2.28. The molecule has 2 heterocycles. The van der Waals surface area contributed by atoms with Crippen LogP contribution in [-0.2, 0) is 16.6 Å². The van der Waals surface area contributed by atoms with Crippen LogP contribution in [0.4, 0.5) is 5.69 Å². The molecule has 0 saturated heterocycles. The Morgan fingerprint density at radius 2 is 2.10 bits per heavy atom. The van der Waals surface area contributed by atoms with Crippen LogP contribution in [0.1, 0.15) is 5.69 Å². The second-order valence-electron chi connectivity index (χ2n) is 4.10. The van der Waals surface area contributed by atoms with Crippen LogP contribution in [-0.4, -0.2) is 29.7 Å². The van der Waals surface area contributed by atoms with E-state index < -0.39 is 10.0 Å². The molecule has 0 aliphatic carbocycles. The number of pyridine rings is 2. The summed E-state index contributed by atoms with van der Waals surface area (Å²) in [6.45, 7) is 0.169. The van der Waals surface area contributed by atoms with Crippen LogP contribution >= 0.6 is 0 Å². The Bertz CT molecular complexity index is 675. The molecule has 0 aliphatic rings. The highest BCUT2D eigenvalue weighted by molar-refractivity contribution is 7.89. The highest BCUT2D eigenvalue weighted by Crippen LogP contribution is 2.22. The third-order valence-corrected chi connectivity index (χ3v) is 4.57. The van der Waals surface area contributed by atoms with Crippen LogP contribution in [0.2, 0.25) is 0 Å². The van der Waals surface area contributed by atoms with Crippen LogP contribution in [0.3, 0.4) is 0 Å². The van der Waals surface area contributed by atoms with E-state index in [1.807, 2.05) is 0 Å². The molecule has 0 atom stereocenters. The van der Waals surface area contributed by atoms with E-state index in [2.05, 4.69) is 15.4 Å². The van der Waals surface area contributed by atoms with Gasteiger partial charge in [-0.25, -0.2) is 8.42 Å². The summed E-state index contributed by atoms with van der Waals surface area (Å²) in [6, 6.07) is 6.84. The Kier molecular flexibility index (Phi) is 4.28. The van der Waals surface area contributed by atoms with Crippen LogP contribution < -0.4 is 11.3 Å². The zero-order valence-electron chi connectivity index (χ0n) is 10.9. The van der Waals surface area contributed by atoms with Gasteiger partial charge in [0.2, 0.25) is 10.0 Å². The van der Waals surface area contributed by atoms with Gasteiger partial charge in [0.05, 0.1) is 17.9 Å². The summed E-state index contributed by atoms with van der Waals surface area (Å²) >= 11 is 0. The number of hydrazine groups is 1. The third kappa shape index (κ3) is 2.93. The summed E-state index contributed by atoms with van der Waals surface area (Å²) in [5.41, 5.74) is 3.32. The summed E-state index contributed by atoms with van der Waals surface area (Å²) in [4.78, 5) is 7.97. The molecule has 0 saturated carbocycles. The number of nitrogens with one attached hydrogen (secondary N) is 1. The van der Waals surface area contributed by atoms with Crippen LogP contribution in [0.15, 0.2) is 47.8 Å². The van der Waals surface area contributed by atoms with Gasteiger partial charge in [-0.2, -0.15) is 4.31 Å². The minimum atomic E-state index is -3.69. The summed E-state index contributed by atoms with van der Waals surface area (Å²) in [5, 5.41) is 0. The lowest BCUT2D eigenvalue weighted by Gasteiger charge is -2.18. The number of nitrogen functional groups attached to an aromatic ring is 1. The molecule has 0 fully saturated rings. The fraction of sp³-hybridized carbons (Fsp3) is 0.167. The number of hydrogen-bond donors (Lipinski definition) is 2. The molecule has 0 aliphatic heterocycles. The van der Waals surface area contributed by atoms with Gasteiger partial charge in [0.15, 0.2) is 0 Å². The van der Waals surface area contributed by atoms with Crippen molar-refractivity contribution >= 4 is 15.7 Å². The van der Waals surface area contributed by atoms with Crippen molar-refractivity contribution in [2.24, 2.45) is 5.84 Å². The molecule has 0 aromatic carbocycles. The van der Waals surface area contributed by atoms with Crippen molar-refractivity contribution in [1.29, 1.82) is 0 Å². The molecule has 0 unspecified atom stereocenters. The van der Waals surface area contributed by atoms with Gasteiger partial charge in [0.25, 0.3) is 0 Å². The number of anilines is 1. The molecular weight excluding hydrogens is 278 g/mol. The van der Waals surface area contributed by atoms with Crippen molar-refractivity contribution in [2.75, 3.05) is 12.5 Å². The van der Waals surface area contributed by atoms with Crippen molar-refractivity contribution in [3.05, 3.63) is 48.5 Å². The lowest BCUT2D eigenvalue weighted by atomic mass is 10.3. The van der Waals surface area contributed by atoms with Crippen LogP contribution in [0.5, 0.6) is 0 Å². The maximum absolute atomic E-state index is 12.5. The monoisotopic (exact) mass is 293 g/mol. The molecule has 106 valence electrons. The molecular formula is C12H15N5O2S. The third-order valence-electron chi connectivity index (χ3n) is 2.74. The minimum absolute atomic E-state index is 0.0286. The quantitative estimate of drug-likeness (QED) is 0.618. The van der Waals surface area contributed by atoms with Crippen molar-refractivity contribution in [3.8, 4) is 0 Å². The SMILES string of the molecule is CN(Cc1ccccn1)S(=O)(=O)c1cnccc1NN. The Morgan fingerprint density at radius 3 is 2.75 bits per heavy atom. The maximum atomic E-state index is 12.5. The average Bonchev–Trinajstić information content (AvgIpc) is 2.48. The first kappa shape index (κ1) is 14.4. The molecule has 0 spiro atoms. The molecule has 2 rings (SSSR count). The van der Waals surface area contributed by atoms with Crippen LogP contribution in [0.25, 0.3) is 0 Å². The van der Waals surface area contributed by atoms with Crippen LogP contribution in [0, 0.1) is 0 Å². The van der Waals surface area contributed by atoms with E-state index in [0.717, 1.165) is 0 Å². The number of nitrogens with two attached hydrogens (primary N) is 1. The molecule has 0 bridgehead atoms. The first-order chi connectivity index (χ1) is 9.55. The van der Waals surface area contributed by atoms with E-state index >= 15 is 0 Å². The second kappa shape index (κ2) is 5.95. The van der Waals surface area contributed by atoms with Crippen molar-refractivity contribution in [3.63, 3.8) is 0 Å². The molecule has 7 nitrogen and oxygen atoms in total. The van der Waals surface area contributed by atoms with E-state index in [1.54, 1.807) is 24.4 Å². The molecule has 0 amide bonds. The smallest absolute Gasteiger partial charge is 0.246 e. The molecule has 2 aromatic rings. The maximum Gasteiger partial charge on any atom is 0.246 e. The first-order valence-corrected chi connectivity index (χ1v) is 7.26. The van der Waals surface area contributed by atoms with Gasteiger partial charge in [0, 0.05) is 25.6 Å². The first-order valence-electron chi connectivity index (χ1n) is 5.82.